The van der Waals surface area contributed by atoms with Crippen LogP contribution in [0.4, 0.5) is 0 Å². The molecule has 4 nitrogen and oxygen atoms in total. The Morgan fingerprint density at radius 1 is 1.13 bits per heavy atom. The van der Waals surface area contributed by atoms with Crippen molar-refractivity contribution < 1.29 is 14.6 Å². The van der Waals surface area contributed by atoms with Crippen LogP contribution in [0.15, 0.2) is 42.5 Å². The number of fused-ring (bicyclic) bond motifs is 1. The molecule has 0 radical (unpaired) electrons. The first-order valence-electron chi connectivity index (χ1n) is 6.68. The fourth-order valence-corrected chi connectivity index (χ4v) is 3.03. The van der Waals surface area contributed by atoms with Crippen molar-refractivity contribution in [1.29, 1.82) is 0 Å². The van der Waals surface area contributed by atoms with Gasteiger partial charge in [0.05, 0.1) is 28.4 Å². The first-order chi connectivity index (χ1) is 11.0. The van der Waals surface area contributed by atoms with Gasteiger partial charge in [0.15, 0.2) is 0 Å². The molecule has 3 rings (SSSR count). The second kappa shape index (κ2) is 6.07. The van der Waals surface area contributed by atoms with Crippen molar-refractivity contribution in [3.63, 3.8) is 0 Å². The molecule has 1 N–H and O–H groups in total. The number of rotatable bonds is 3. The van der Waals surface area contributed by atoms with Crippen molar-refractivity contribution in [2.45, 2.75) is 0 Å². The normalized spacial score (nSPS) is 10.7. The maximum Gasteiger partial charge on any atom is 0.336 e. The minimum atomic E-state index is -1.06. The predicted octanol–water partition coefficient (Wildman–Crippen LogP) is 4.92. The Balaban J connectivity index is 2.41. The number of pyridine rings is 1. The maximum atomic E-state index is 11.6. The second-order valence-corrected chi connectivity index (χ2v) is 5.63. The number of carboxylic acids is 1. The largest absolute Gasteiger partial charge is 0.494 e. The number of para-hydroxylation sites is 1. The first kappa shape index (κ1) is 15.6. The average Bonchev–Trinajstić information content (AvgIpc) is 2.53. The minimum absolute atomic E-state index is 0.111. The van der Waals surface area contributed by atoms with Gasteiger partial charge in [-0.2, -0.15) is 0 Å². The summed E-state index contributed by atoms with van der Waals surface area (Å²) in [6.07, 6.45) is 0. The van der Waals surface area contributed by atoms with Gasteiger partial charge in [-0.05, 0) is 24.3 Å². The average molecular weight is 348 g/mol. The van der Waals surface area contributed by atoms with E-state index < -0.39 is 5.97 Å². The number of hydrogen-bond acceptors (Lipinski definition) is 3. The van der Waals surface area contributed by atoms with Crippen LogP contribution in [-0.2, 0) is 0 Å². The number of methoxy groups -OCH3 is 1. The summed E-state index contributed by atoms with van der Waals surface area (Å²) in [6.45, 7) is 0. The maximum absolute atomic E-state index is 11.6. The molecule has 6 heteroatoms. The summed E-state index contributed by atoms with van der Waals surface area (Å²) in [5.41, 5.74) is 1.43. The molecule has 0 amide bonds. The highest BCUT2D eigenvalue weighted by atomic mass is 35.5. The van der Waals surface area contributed by atoms with Crippen LogP contribution >= 0.6 is 23.2 Å². The third-order valence-corrected chi connectivity index (χ3v) is 4.10. The molecule has 0 bridgehead atoms. The third kappa shape index (κ3) is 2.71. The van der Waals surface area contributed by atoms with E-state index in [2.05, 4.69) is 4.98 Å². The number of carbonyl (C=O) groups is 1. The zero-order valence-corrected chi connectivity index (χ0v) is 13.5. The van der Waals surface area contributed by atoms with Gasteiger partial charge in [-0.25, -0.2) is 9.78 Å². The third-order valence-electron chi connectivity index (χ3n) is 3.47. The molecule has 116 valence electrons. The number of hydrogen-bond donors (Lipinski definition) is 1. The first-order valence-corrected chi connectivity index (χ1v) is 7.44. The fraction of sp³-hybridized carbons (Fsp3) is 0.0588. The van der Waals surface area contributed by atoms with E-state index in [1.54, 1.807) is 36.4 Å². The standard InChI is InChI=1S/C17H11Cl2NO3/c1-23-14-7-2-4-9-10(17(21)22)8-13(20-16(9)14)15-11(18)5-3-6-12(15)19/h2-8H,1H3,(H,21,22). The molecule has 0 aliphatic rings. The molecular weight excluding hydrogens is 337 g/mol. The van der Waals surface area contributed by atoms with Gasteiger partial charge in [0, 0.05) is 10.9 Å². The van der Waals surface area contributed by atoms with E-state index in [1.807, 2.05) is 0 Å². The van der Waals surface area contributed by atoms with Crippen LogP contribution in [0.1, 0.15) is 10.4 Å². The van der Waals surface area contributed by atoms with Crippen LogP contribution in [-0.4, -0.2) is 23.2 Å². The van der Waals surface area contributed by atoms with Gasteiger partial charge in [-0.1, -0.05) is 41.4 Å². The Labute approximate surface area is 142 Å². The Morgan fingerprint density at radius 3 is 2.39 bits per heavy atom. The Bertz CT molecular complexity index is 905. The summed E-state index contributed by atoms with van der Waals surface area (Å²) >= 11 is 12.4. The van der Waals surface area contributed by atoms with E-state index >= 15 is 0 Å². The van der Waals surface area contributed by atoms with Gasteiger partial charge in [-0.3, -0.25) is 0 Å². The van der Waals surface area contributed by atoms with Crippen molar-refractivity contribution >= 4 is 40.1 Å². The lowest BCUT2D eigenvalue weighted by Crippen LogP contribution is -2.01. The molecule has 0 saturated carbocycles. The monoisotopic (exact) mass is 347 g/mol. The summed E-state index contributed by atoms with van der Waals surface area (Å²) in [6, 6.07) is 11.7. The molecule has 0 spiro atoms. The number of aromatic nitrogens is 1. The van der Waals surface area contributed by atoms with Crippen molar-refractivity contribution in [2.75, 3.05) is 7.11 Å². The van der Waals surface area contributed by atoms with Crippen LogP contribution in [0.25, 0.3) is 22.2 Å². The zero-order valence-electron chi connectivity index (χ0n) is 12.0. The lowest BCUT2D eigenvalue weighted by Gasteiger charge is -2.12. The van der Waals surface area contributed by atoms with Crippen LogP contribution in [0.3, 0.4) is 0 Å². The summed E-state index contributed by atoms with van der Waals surface area (Å²) in [4.78, 5) is 16.2. The van der Waals surface area contributed by atoms with Crippen LogP contribution in [0.5, 0.6) is 5.75 Å². The fourth-order valence-electron chi connectivity index (χ4n) is 2.43. The predicted molar refractivity (Wildman–Crippen MR) is 90.7 cm³/mol. The molecule has 1 heterocycles. The molecule has 0 atom stereocenters. The highest BCUT2D eigenvalue weighted by molar-refractivity contribution is 6.39. The SMILES string of the molecule is COc1cccc2c(C(=O)O)cc(-c3c(Cl)cccc3Cl)nc12. The Hall–Kier alpha value is -2.30. The Kier molecular flexibility index (Phi) is 4.11. The number of benzene rings is 2. The number of ether oxygens (including phenoxy) is 1. The Morgan fingerprint density at radius 2 is 1.78 bits per heavy atom. The van der Waals surface area contributed by atoms with Gasteiger partial charge in [0.2, 0.25) is 0 Å². The molecule has 0 aliphatic carbocycles. The lowest BCUT2D eigenvalue weighted by atomic mass is 10.0. The van der Waals surface area contributed by atoms with Gasteiger partial charge in [0.1, 0.15) is 11.3 Å². The number of aromatic carboxylic acids is 1. The van der Waals surface area contributed by atoms with Crippen LogP contribution < -0.4 is 4.74 Å². The summed E-state index contributed by atoms with van der Waals surface area (Å²) in [7, 11) is 1.51. The molecule has 0 saturated heterocycles. The van der Waals surface area contributed by atoms with E-state index in [0.717, 1.165) is 0 Å². The topological polar surface area (TPSA) is 59.4 Å². The van der Waals surface area contributed by atoms with Crippen molar-refractivity contribution in [1.82, 2.24) is 4.98 Å². The van der Waals surface area contributed by atoms with Crippen molar-refractivity contribution in [2.24, 2.45) is 0 Å². The molecule has 0 unspecified atom stereocenters. The molecule has 0 aliphatic heterocycles. The van der Waals surface area contributed by atoms with Crippen molar-refractivity contribution in [3.8, 4) is 17.0 Å². The number of nitrogens with zero attached hydrogens (tertiary/aromatic N) is 1. The molecule has 0 fully saturated rings. The van der Waals surface area contributed by atoms with Crippen LogP contribution in [0.2, 0.25) is 10.0 Å². The van der Waals surface area contributed by atoms with Crippen LogP contribution in [0, 0.1) is 0 Å². The van der Waals surface area contributed by atoms with Crippen molar-refractivity contribution in [3.05, 3.63) is 58.1 Å². The van der Waals surface area contributed by atoms with Gasteiger partial charge < -0.3 is 9.84 Å². The lowest BCUT2D eigenvalue weighted by molar-refractivity contribution is 0.0699. The van der Waals surface area contributed by atoms with E-state index in [0.29, 0.717) is 38.0 Å². The quantitative estimate of drug-likeness (QED) is 0.730. The molecule has 2 aromatic carbocycles. The smallest absolute Gasteiger partial charge is 0.336 e. The highest BCUT2D eigenvalue weighted by Crippen LogP contribution is 2.36. The summed E-state index contributed by atoms with van der Waals surface area (Å²) < 4.78 is 5.29. The van der Waals surface area contributed by atoms with Gasteiger partial charge in [-0.15, -0.1) is 0 Å². The molecular formula is C17H11Cl2NO3. The van der Waals surface area contributed by atoms with Gasteiger partial charge in [0.25, 0.3) is 0 Å². The summed E-state index contributed by atoms with van der Waals surface area (Å²) in [5, 5.41) is 10.8. The van der Waals surface area contributed by atoms with E-state index in [1.165, 1.54) is 13.2 Å². The number of halogens is 2. The zero-order chi connectivity index (χ0) is 16.6. The molecule has 3 aromatic rings. The van der Waals surface area contributed by atoms with E-state index in [-0.39, 0.29) is 5.56 Å². The van der Waals surface area contributed by atoms with E-state index in [9.17, 15) is 9.90 Å². The minimum Gasteiger partial charge on any atom is -0.494 e. The number of carboxylic acid groups (broad SMARTS) is 1. The summed E-state index contributed by atoms with van der Waals surface area (Å²) in [5.74, 6) is -0.579. The highest BCUT2D eigenvalue weighted by Gasteiger charge is 2.18. The molecule has 1 aromatic heterocycles. The van der Waals surface area contributed by atoms with Gasteiger partial charge >= 0.3 is 5.97 Å². The van der Waals surface area contributed by atoms with E-state index in [4.69, 9.17) is 27.9 Å². The second-order valence-electron chi connectivity index (χ2n) is 4.81. The molecule has 23 heavy (non-hydrogen) atoms.